The number of methoxy groups -OCH3 is 2. The summed E-state index contributed by atoms with van der Waals surface area (Å²) in [5.74, 6) is 0.00627. The number of nitrogens with zero attached hydrogens (tertiary/aromatic N) is 1. The van der Waals surface area contributed by atoms with Crippen molar-refractivity contribution in [3.05, 3.63) is 53.9 Å². The maximum absolute atomic E-state index is 11.5. The zero-order valence-electron chi connectivity index (χ0n) is 11.7. The van der Waals surface area contributed by atoms with Crippen molar-refractivity contribution in [3.8, 4) is 11.5 Å². The minimum absolute atomic E-state index is 0.156. The average Bonchev–Trinajstić information content (AvgIpc) is 2.52. The molecule has 0 fully saturated rings. The van der Waals surface area contributed by atoms with Crippen LogP contribution in [0.4, 0.5) is 0 Å². The van der Waals surface area contributed by atoms with Crippen molar-refractivity contribution < 1.29 is 19.4 Å². The second kappa shape index (κ2) is 6.56. The first-order valence-electron chi connectivity index (χ1n) is 6.23. The molecule has 0 saturated carbocycles. The minimum Gasteiger partial charge on any atom is -0.493 e. The van der Waals surface area contributed by atoms with Gasteiger partial charge in [0.15, 0.2) is 11.5 Å². The highest BCUT2D eigenvalue weighted by Crippen LogP contribution is 2.31. The van der Waals surface area contributed by atoms with E-state index in [-0.39, 0.29) is 5.57 Å². The molecule has 1 aromatic carbocycles. The van der Waals surface area contributed by atoms with Crippen LogP contribution in [0.1, 0.15) is 11.1 Å². The van der Waals surface area contributed by atoms with Crippen LogP contribution in [0.2, 0.25) is 0 Å². The average molecular weight is 285 g/mol. The van der Waals surface area contributed by atoms with Crippen molar-refractivity contribution >= 4 is 17.6 Å². The molecule has 0 saturated heterocycles. The number of hydrogen-bond donors (Lipinski definition) is 1. The van der Waals surface area contributed by atoms with Crippen LogP contribution < -0.4 is 9.47 Å². The monoisotopic (exact) mass is 285 g/mol. The number of carboxylic acid groups (broad SMARTS) is 1. The van der Waals surface area contributed by atoms with Gasteiger partial charge in [-0.25, -0.2) is 4.79 Å². The van der Waals surface area contributed by atoms with Crippen LogP contribution in [0.25, 0.3) is 11.6 Å². The van der Waals surface area contributed by atoms with Gasteiger partial charge in [0.25, 0.3) is 0 Å². The topological polar surface area (TPSA) is 68.7 Å². The van der Waals surface area contributed by atoms with E-state index in [9.17, 15) is 9.90 Å². The summed E-state index contributed by atoms with van der Waals surface area (Å²) >= 11 is 0. The number of aliphatic carboxylic acids is 1. The molecule has 0 unspecified atom stereocenters. The smallest absolute Gasteiger partial charge is 0.336 e. The van der Waals surface area contributed by atoms with Crippen molar-refractivity contribution in [2.45, 2.75) is 0 Å². The van der Waals surface area contributed by atoms with Crippen LogP contribution in [-0.2, 0) is 4.79 Å². The molecule has 0 atom stereocenters. The van der Waals surface area contributed by atoms with Crippen LogP contribution in [-0.4, -0.2) is 30.3 Å². The van der Waals surface area contributed by atoms with Gasteiger partial charge in [-0.3, -0.25) is 4.98 Å². The molecule has 0 aliphatic rings. The van der Waals surface area contributed by atoms with Crippen molar-refractivity contribution in [1.82, 2.24) is 4.98 Å². The van der Waals surface area contributed by atoms with Crippen molar-refractivity contribution in [3.63, 3.8) is 0 Å². The summed E-state index contributed by atoms with van der Waals surface area (Å²) in [6, 6.07) is 8.53. The van der Waals surface area contributed by atoms with E-state index >= 15 is 0 Å². The van der Waals surface area contributed by atoms with E-state index in [0.717, 1.165) is 0 Å². The summed E-state index contributed by atoms with van der Waals surface area (Å²) in [4.78, 5) is 15.5. The SMILES string of the molecule is COc1ccc(/C(=C\c2cccnc2)C(=O)O)cc1OC. The number of rotatable bonds is 5. The Hall–Kier alpha value is -2.82. The molecule has 2 rings (SSSR count). The van der Waals surface area contributed by atoms with Gasteiger partial charge < -0.3 is 14.6 Å². The molecule has 1 N–H and O–H groups in total. The fourth-order valence-corrected chi connectivity index (χ4v) is 1.90. The van der Waals surface area contributed by atoms with E-state index in [4.69, 9.17) is 9.47 Å². The van der Waals surface area contributed by atoms with Gasteiger partial charge >= 0.3 is 5.97 Å². The maximum atomic E-state index is 11.5. The van der Waals surface area contributed by atoms with Crippen molar-refractivity contribution in [2.24, 2.45) is 0 Å². The van der Waals surface area contributed by atoms with Crippen LogP contribution in [0.15, 0.2) is 42.7 Å². The molecule has 108 valence electrons. The third-order valence-electron chi connectivity index (χ3n) is 2.92. The zero-order valence-corrected chi connectivity index (χ0v) is 11.7. The Balaban J connectivity index is 2.49. The molecule has 0 amide bonds. The Labute approximate surface area is 122 Å². The van der Waals surface area contributed by atoms with E-state index in [1.165, 1.54) is 14.2 Å². The van der Waals surface area contributed by atoms with Crippen LogP contribution in [0.5, 0.6) is 11.5 Å². The highest BCUT2D eigenvalue weighted by Gasteiger charge is 2.13. The molecule has 1 heterocycles. The fourth-order valence-electron chi connectivity index (χ4n) is 1.90. The molecule has 2 aromatic rings. The molecule has 0 bridgehead atoms. The number of carboxylic acids is 1. The Morgan fingerprint density at radius 1 is 1.19 bits per heavy atom. The minimum atomic E-state index is -1.02. The number of benzene rings is 1. The Kier molecular flexibility index (Phi) is 4.56. The van der Waals surface area contributed by atoms with E-state index in [0.29, 0.717) is 22.6 Å². The molecule has 5 heteroatoms. The van der Waals surface area contributed by atoms with Crippen molar-refractivity contribution in [1.29, 1.82) is 0 Å². The summed E-state index contributed by atoms with van der Waals surface area (Å²) in [6.45, 7) is 0. The summed E-state index contributed by atoms with van der Waals surface area (Å²) in [7, 11) is 3.04. The number of carbonyl (C=O) groups is 1. The van der Waals surface area contributed by atoms with E-state index < -0.39 is 5.97 Å². The van der Waals surface area contributed by atoms with Gasteiger partial charge in [-0.2, -0.15) is 0 Å². The zero-order chi connectivity index (χ0) is 15.2. The molecule has 5 nitrogen and oxygen atoms in total. The Bertz CT molecular complexity index is 665. The highest BCUT2D eigenvalue weighted by atomic mass is 16.5. The second-order valence-electron chi connectivity index (χ2n) is 4.22. The summed E-state index contributed by atoms with van der Waals surface area (Å²) in [5, 5.41) is 9.42. The summed E-state index contributed by atoms with van der Waals surface area (Å²) in [5.41, 5.74) is 1.40. The van der Waals surface area contributed by atoms with E-state index in [1.54, 1.807) is 48.8 Å². The first kappa shape index (κ1) is 14.6. The third kappa shape index (κ3) is 3.39. The Morgan fingerprint density at radius 2 is 1.95 bits per heavy atom. The molecule has 0 aliphatic carbocycles. The molecule has 0 aliphatic heterocycles. The van der Waals surface area contributed by atoms with E-state index in [1.807, 2.05) is 0 Å². The van der Waals surface area contributed by atoms with Gasteiger partial charge in [0, 0.05) is 12.4 Å². The van der Waals surface area contributed by atoms with Gasteiger partial charge in [-0.1, -0.05) is 12.1 Å². The first-order valence-corrected chi connectivity index (χ1v) is 6.23. The van der Waals surface area contributed by atoms with Gasteiger partial charge in [-0.05, 0) is 35.4 Å². The normalized spacial score (nSPS) is 11.0. The lowest BCUT2D eigenvalue weighted by atomic mass is 10.0. The second-order valence-corrected chi connectivity index (χ2v) is 4.22. The molecular weight excluding hydrogens is 270 g/mol. The van der Waals surface area contributed by atoms with Gasteiger partial charge in [0.05, 0.1) is 19.8 Å². The standard InChI is InChI=1S/C16H15NO4/c1-20-14-6-5-12(9-15(14)21-2)13(16(18)19)8-11-4-3-7-17-10-11/h3-10H,1-2H3,(H,18,19)/b13-8+. The van der Waals surface area contributed by atoms with Crippen LogP contribution >= 0.6 is 0 Å². The Morgan fingerprint density at radius 3 is 2.52 bits per heavy atom. The molecule has 0 spiro atoms. The highest BCUT2D eigenvalue weighted by molar-refractivity contribution is 6.20. The van der Waals surface area contributed by atoms with Gasteiger partial charge in [-0.15, -0.1) is 0 Å². The molecule has 21 heavy (non-hydrogen) atoms. The number of pyridine rings is 1. The summed E-state index contributed by atoms with van der Waals surface area (Å²) in [6.07, 6.45) is 4.80. The van der Waals surface area contributed by atoms with Crippen molar-refractivity contribution in [2.75, 3.05) is 14.2 Å². The van der Waals surface area contributed by atoms with Crippen LogP contribution in [0.3, 0.4) is 0 Å². The number of hydrogen-bond acceptors (Lipinski definition) is 4. The fraction of sp³-hybridized carbons (Fsp3) is 0.125. The largest absolute Gasteiger partial charge is 0.493 e. The number of ether oxygens (including phenoxy) is 2. The van der Waals surface area contributed by atoms with Crippen LogP contribution in [0, 0.1) is 0 Å². The molecule has 1 aromatic heterocycles. The molecular formula is C16H15NO4. The van der Waals surface area contributed by atoms with E-state index in [2.05, 4.69) is 4.98 Å². The quantitative estimate of drug-likeness (QED) is 0.855. The molecule has 0 radical (unpaired) electrons. The van der Waals surface area contributed by atoms with Gasteiger partial charge in [0.2, 0.25) is 0 Å². The third-order valence-corrected chi connectivity index (χ3v) is 2.92. The lowest BCUT2D eigenvalue weighted by Gasteiger charge is -2.10. The lowest BCUT2D eigenvalue weighted by Crippen LogP contribution is -2.01. The van der Waals surface area contributed by atoms with Gasteiger partial charge in [0.1, 0.15) is 0 Å². The first-order chi connectivity index (χ1) is 10.2. The predicted molar refractivity (Wildman–Crippen MR) is 79.3 cm³/mol. The maximum Gasteiger partial charge on any atom is 0.336 e. The predicted octanol–water partition coefficient (Wildman–Crippen LogP) is 2.72. The lowest BCUT2D eigenvalue weighted by molar-refractivity contribution is -0.130. The summed E-state index contributed by atoms with van der Waals surface area (Å²) < 4.78 is 10.3. The number of aromatic nitrogens is 1.